The lowest BCUT2D eigenvalue weighted by Crippen LogP contribution is -2.46. The molecule has 1 aromatic carbocycles. The molecule has 1 unspecified atom stereocenters. The lowest BCUT2D eigenvalue weighted by Gasteiger charge is -2.19. The molecular weight excluding hydrogens is 336 g/mol. The van der Waals surface area contributed by atoms with Crippen LogP contribution in [0.2, 0.25) is 0 Å². The maximum absolute atomic E-state index is 11.8. The Morgan fingerprint density at radius 3 is 2.12 bits per heavy atom. The van der Waals surface area contributed by atoms with E-state index in [1.165, 1.54) is 6.92 Å². The molecule has 0 radical (unpaired) electrons. The highest BCUT2D eigenvalue weighted by Crippen LogP contribution is 2.24. The number of rotatable bonds is 6. The Bertz CT molecular complexity index is 632. The van der Waals surface area contributed by atoms with E-state index in [1.54, 1.807) is 26.0 Å². The third kappa shape index (κ3) is 7.55. The zero-order valence-electron chi connectivity index (χ0n) is 16.2. The molecule has 0 aliphatic heterocycles. The molecule has 1 aromatic rings. The van der Waals surface area contributed by atoms with E-state index in [0.29, 0.717) is 5.75 Å². The van der Waals surface area contributed by atoms with Crippen LogP contribution in [0.3, 0.4) is 0 Å². The Labute approximate surface area is 154 Å². The van der Waals surface area contributed by atoms with Crippen molar-refractivity contribution in [3.8, 4) is 5.75 Å². The van der Waals surface area contributed by atoms with Gasteiger partial charge in [-0.1, -0.05) is 32.9 Å². The van der Waals surface area contributed by atoms with Crippen molar-refractivity contribution in [2.24, 2.45) is 0 Å². The second-order valence-electron chi connectivity index (χ2n) is 7.31. The van der Waals surface area contributed by atoms with E-state index >= 15 is 0 Å². The molecule has 144 valence electrons. The summed E-state index contributed by atoms with van der Waals surface area (Å²) in [4.78, 5) is 35.0. The Kier molecular flexibility index (Phi) is 7.61. The van der Waals surface area contributed by atoms with E-state index < -0.39 is 24.0 Å². The number of urea groups is 1. The zero-order chi connectivity index (χ0) is 19.9. The van der Waals surface area contributed by atoms with Gasteiger partial charge in [0.25, 0.3) is 5.91 Å². The van der Waals surface area contributed by atoms with Gasteiger partial charge in [-0.15, -0.1) is 0 Å². The first kappa shape index (κ1) is 21.5. The fourth-order valence-corrected chi connectivity index (χ4v) is 1.99. The van der Waals surface area contributed by atoms with Gasteiger partial charge in [-0.25, -0.2) is 9.59 Å². The van der Waals surface area contributed by atoms with Crippen molar-refractivity contribution in [3.63, 3.8) is 0 Å². The smallest absolute Gasteiger partial charge is 0.344 e. The maximum Gasteiger partial charge on any atom is 0.344 e. The van der Waals surface area contributed by atoms with Crippen molar-refractivity contribution in [3.05, 3.63) is 29.8 Å². The monoisotopic (exact) mass is 364 g/mol. The largest absolute Gasteiger partial charge is 0.482 e. The molecule has 0 fully saturated rings. The molecule has 0 aliphatic rings. The van der Waals surface area contributed by atoms with Crippen LogP contribution in [0.25, 0.3) is 0 Å². The number of ether oxygens (including phenoxy) is 2. The van der Waals surface area contributed by atoms with E-state index in [1.807, 2.05) is 12.1 Å². The number of carbonyl (C=O) groups is 3. The summed E-state index contributed by atoms with van der Waals surface area (Å²) in [6.45, 7) is 10.9. The van der Waals surface area contributed by atoms with E-state index in [2.05, 4.69) is 31.4 Å². The molecule has 3 amide bonds. The molecule has 0 spiro atoms. The van der Waals surface area contributed by atoms with Crippen LogP contribution in [0.15, 0.2) is 24.3 Å². The molecule has 7 heteroatoms. The normalized spacial score (nSPS) is 12.3. The van der Waals surface area contributed by atoms with Gasteiger partial charge in [-0.2, -0.15) is 0 Å². The highest BCUT2D eigenvalue weighted by Gasteiger charge is 2.20. The third-order valence-electron chi connectivity index (χ3n) is 3.41. The first-order valence-electron chi connectivity index (χ1n) is 8.53. The van der Waals surface area contributed by atoms with E-state index in [-0.39, 0.29) is 18.1 Å². The van der Waals surface area contributed by atoms with Crippen molar-refractivity contribution < 1.29 is 23.9 Å². The van der Waals surface area contributed by atoms with Crippen molar-refractivity contribution in [1.82, 2.24) is 10.6 Å². The van der Waals surface area contributed by atoms with E-state index in [0.717, 1.165) is 5.56 Å². The molecule has 1 rings (SSSR count). The van der Waals surface area contributed by atoms with Crippen LogP contribution in [-0.2, 0) is 19.7 Å². The van der Waals surface area contributed by atoms with Gasteiger partial charge in [-0.05, 0) is 43.9 Å². The van der Waals surface area contributed by atoms with Gasteiger partial charge < -0.3 is 14.8 Å². The molecule has 7 nitrogen and oxygen atoms in total. The number of benzene rings is 1. The number of amides is 3. The first-order valence-corrected chi connectivity index (χ1v) is 8.53. The van der Waals surface area contributed by atoms with Gasteiger partial charge in [0, 0.05) is 6.04 Å². The van der Waals surface area contributed by atoms with Crippen LogP contribution in [0.1, 0.15) is 47.1 Å². The quantitative estimate of drug-likeness (QED) is 0.757. The molecule has 26 heavy (non-hydrogen) atoms. The number of imide groups is 1. The van der Waals surface area contributed by atoms with Crippen LogP contribution in [0.5, 0.6) is 5.75 Å². The summed E-state index contributed by atoms with van der Waals surface area (Å²) in [5.41, 5.74) is 1.18. The van der Waals surface area contributed by atoms with Crippen LogP contribution in [0, 0.1) is 0 Å². The third-order valence-corrected chi connectivity index (χ3v) is 3.41. The predicted molar refractivity (Wildman–Crippen MR) is 98.0 cm³/mol. The number of nitrogens with one attached hydrogen (secondary N) is 2. The van der Waals surface area contributed by atoms with Gasteiger partial charge in [0.2, 0.25) is 0 Å². The van der Waals surface area contributed by atoms with Gasteiger partial charge in [0.05, 0.1) is 0 Å². The summed E-state index contributed by atoms with van der Waals surface area (Å²) in [5, 5.41) is 4.61. The van der Waals surface area contributed by atoms with E-state index in [9.17, 15) is 14.4 Å². The summed E-state index contributed by atoms with van der Waals surface area (Å²) in [5.74, 6) is -0.869. The lowest BCUT2D eigenvalue weighted by molar-refractivity contribution is -0.156. The lowest BCUT2D eigenvalue weighted by atomic mass is 9.87. The topological polar surface area (TPSA) is 93.7 Å². The van der Waals surface area contributed by atoms with E-state index in [4.69, 9.17) is 9.47 Å². The molecule has 0 aromatic heterocycles. The van der Waals surface area contributed by atoms with Crippen LogP contribution in [-0.4, -0.2) is 36.7 Å². The maximum atomic E-state index is 11.8. The number of hydrogen-bond acceptors (Lipinski definition) is 5. The zero-order valence-corrected chi connectivity index (χ0v) is 16.2. The van der Waals surface area contributed by atoms with Gasteiger partial charge in [0.1, 0.15) is 5.75 Å². The minimum atomic E-state index is -1.10. The molecule has 2 N–H and O–H groups in total. The Hall–Kier alpha value is -2.57. The number of carbonyl (C=O) groups excluding carboxylic acids is 3. The first-order chi connectivity index (χ1) is 12.0. The average Bonchev–Trinajstić information content (AvgIpc) is 2.51. The van der Waals surface area contributed by atoms with Gasteiger partial charge in [-0.3, -0.25) is 10.1 Å². The highest BCUT2D eigenvalue weighted by atomic mass is 16.6. The minimum absolute atomic E-state index is 0.0299. The van der Waals surface area contributed by atoms with Crippen LogP contribution < -0.4 is 15.4 Å². The molecular formula is C19H28N2O5. The average molecular weight is 364 g/mol. The summed E-state index contributed by atoms with van der Waals surface area (Å²) >= 11 is 0. The fraction of sp³-hybridized carbons (Fsp3) is 0.526. The summed E-state index contributed by atoms with van der Waals surface area (Å²) < 4.78 is 10.3. The molecule has 0 bridgehead atoms. The fourth-order valence-electron chi connectivity index (χ4n) is 1.99. The second kappa shape index (κ2) is 9.22. The second-order valence-corrected chi connectivity index (χ2v) is 7.31. The van der Waals surface area contributed by atoms with Crippen molar-refractivity contribution >= 4 is 17.9 Å². The van der Waals surface area contributed by atoms with Crippen molar-refractivity contribution in [1.29, 1.82) is 0 Å². The molecule has 0 heterocycles. The van der Waals surface area contributed by atoms with Crippen molar-refractivity contribution in [2.75, 3.05) is 6.61 Å². The summed E-state index contributed by atoms with van der Waals surface area (Å²) in [6, 6.07) is 6.68. The van der Waals surface area contributed by atoms with Crippen LogP contribution in [0.4, 0.5) is 4.79 Å². The molecule has 0 aliphatic carbocycles. The number of hydrogen-bond donors (Lipinski definition) is 2. The number of esters is 1. The SMILES string of the molecule is CC(C)NC(=O)NC(=O)C(C)OC(=O)COc1ccc(C(C)(C)C)cc1. The summed E-state index contributed by atoms with van der Waals surface area (Å²) in [6.07, 6.45) is -1.10. The Morgan fingerprint density at radius 1 is 1.04 bits per heavy atom. The molecule has 0 saturated carbocycles. The van der Waals surface area contributed by atoms with Gasteiger partial charge in [0.15, 0.2) is 12.7 Å². The van der Waals surface area contributed by atoms with Crippen molar-refractivity contribution in [2.45, 2.75) is 59.1 Å². The van der Waals surface area contributed by atoms with Crippen LogP contribution >= 0.6 is 0 Å². The summed E-state index contributed by atoms with van der Waals surface area (Å²) in [7, 11) is 0. The molecule has 0 saturated heterocycles. The predicted octanol–water partition coefficient (Wildman–Crippen LogP) is 2.53. The van der Waals surface area contributed by atoms with Gasteiger partial charge >= 0.3 is 12.0 Å². The standard InChI is InChI=1S/C19H28N2O5/c1-12(2)20-18(24)21-17(23)13(3)26-16(22)11-25-15-9-7-14(8-10-15)19(4,5)6/h7-10,12-13H,11H2,1-6H3,(H2,20,21,23,24). The Balaban J connectivity index is 2.43. The minimum Gasteiger partial charge on any atom is -0.482 e. The highest BCUT2D eigenvalue weighted by molar-refractivity contribution is 5.97. The Morgan fingerprint density at radius 2 is 1.62 bits per heavy atom. The molecule has 1 atom stereocenters.